The maximum Gasteiger partial charge on any atom is 0.208 e. The van der Waals surface area contributed by atoms with Crippen LogP contribution in [0.3, 0.4) is 0 Å². The Labute approximate surface area is 162 Å². The standard InChI is InChI=1S/C20H23FN4OS/c1-11(2)19-22-20(24-23-19)27-10-18(26)16-8-13(4)25(14(16)5)15-7-6-12(3)17(21)9-15/h6-9,11H,10H2,1-5H3,(H,22,23,24). The lowest BCUT2D eigenvalue weighted by Crippen LogP contribution is -2.06. The number of hydrogen-bond acceptors (Lipinski definition) is 4. The molecule has 0 aliphatic carbocycles. The number of aryl methyl sites for hydroxylation is 2. The fraction of sp³-hybridized carbons (Fsp3) is 0.350. The highest BCUT2D eigenvalue weighted by Gasteiger charge is 2.18. The van der Waals surface area contributed by atoms with Gasteiger partial charge in [0.25, 0.3) is 0 Å². The van der Waals surface area contributed by atoms with E-state index >= 15 is 0 Å². The number of aromatic nitrogens is 4. The van der Waals surface area contributed by atoms with Crippen molar-refractivity contribution >= 4 is 17.5 Å². The van der Waals surface area contributed by atoms with E-state index in [4.69, 9.17) is 0 Å². The first-order valence-electron chi connectivity index (χ1n) is 8.81. The van der Waals surface area contributed by atoms with Gasteiger partial charge in [-0.3, -0.25) is 9.89 Å². The summed E-state index contributed by atoms with van der Waals surface area (Å²) in [6.45, 7) is 9.59. The van der Waals surface area contributed by atoms with Gasteiger partial charge in [-0.1, -0.05) is 31.7 Å². The fourth-order valence-electron chi connectivity index (χ4n) is 2.95. The van der Waals surface area contributed by atoms with Crippen LogP contribution in [-0.2, 0) is 0 Å². The van der Waals surface area contributed by atoms with Gasteiger partial charge in [-0.05, 0) is 44.5 Å². The highest BCUT2D eigenvalue weighted by molar-refractivity contribution is 7.99. The van der Waals surface area contributed by atoms with Gasteiger partial charge >= 0.3 is 0 Å². The van der Waals surface area contributed by atoms with Crippen LogP contribution in [-0.4, -0.2) is 31.3 Å². The minimum atomic E-state index is -0.256. The molecule has 142 valence electrons. The minimum absolute atomic E-state index is 0.00262. The zero-order valence-electron chi connectivity index (χ0n) is 16.1. The predicted octanol–water partition coefficient (Wildman–Crippen LogP) is 4.76. The lowest BCUT2D eigenvalue weighted by atomic mass is 10.2. The molecule has 3 aromatic rings. The number of carbonyl (C=O) groups is 1. The van der Waals surface area contributed by atoms with Gasteiger partial charge in [-0.2, -0.15) is 0 Å². The zero-order valence-corrected chi connectivity index (χ0v) is 16.9. The number of thioether (sulfide) groups is 1. The molecule has 0 atom stereocenters. The quantitative estimate of drug-likeness (QED) is 0.490. The highest BCUT2D eigenvalue weighted by Crippen LogP contribution is 2.25. The maximum absolute atomic E-state index is 14.0. The number of carbonyl (C=O) groups excluding carboxylic acids is 1. The third-order valence-electron chi connectivity index (χ3n) is 4.51. The van der Waals surface area contributed by atoms with Gasteiger partial charge in [0.1, 0.15) is 11.6 Å². The van der Waals surface area contributed by atoms with Crippen molar-refractivity contribution in [2.75, 3.05) is 5.75 Å². The molecule has 5 nitrogen and oxygen atoms in total. The molecular formula is C20H23FN4OS. The van der Waals surface area contributed by atoms with E-state index in [0.29, 0.717) is 16.3 Å². The van der Waals surface area contributed by atoms with E-state index in [1.807, 2.05) is 44.4 Å². The first-order chi connectivity index (χ1) is 12.8. The predicted molar refractivity (Wildman–Crippen MR) is 105 cm³/mol. The Kier molecular flexibility index (Phi) is 5.51. The first kappa shape index (κ1) is 19.4. The average Bonchev–Trinajstić information content (AvgIpc) is 3.20. The molecule has 0 radical (unpaired) electrons. The molecule has 0 saturated heterocycles. The number of ketones is 1. The summed E-state index contributed by atoms with van der Waals surface area (Å²) in [5.41, 5.74) is 3.65. The van der Waals surface area contributed by atoms with Gasteiger partial charge in [-0.25, -0.2) is 9.37 Å². The van der Waals surface area contributed by atoms with E-state index in [1.54, 1.807) is 13.0 Å². The van der Waals surface area contributed by atoms with Crippen LogP contribution >= 0.6 is 11.8 Å². The van der Waals surface area contributed by atoms with Gasteiger partial charge in [0.05, 0.1) is 5.75 Å². The van der Waals surface area contributed by atoms with Crippen LogP contribution in [0.5, 0.6) is 0 Å². The Morgan fingerprint density at radius 3 is 2.63 bits per heavy atom. The molecular weight excluding hydrogens is 363 g/mol. The third kappa shape index (κ3) is 3.98. The second kappa shape index (κ2) is 7.68. The molecule has 0 spiro atoms. The van der Waals surface area contributed by atoms with E-state index < -0.39 is 0 Å². The smallest absolute Gasteiger partial charge is 0.208 e. The van der Waals surface area contributed by atoms with Crippen molar-refractivity contribution in [1.82, 2.24) is 19.7 Å². The molecule has 0 aliphatic heterocycles. The first-order valence-corrected chi connectivity index (χ1v) is 9.80. The van der Waals surface area contributed by atoms with Crippen molar-refractivity contribution < 1.29 is 9.18 Å². The molecule has 1 N–H and O–H groups in total. The summed E-state index contributed by atoms with van der Waals surface area (Å²) in [5.74, 6) is 1.07. The molecule has 1 aromatic carbocycles. The molecule has 2 aromatic heterocycles. The number of Topliss-reactive ketones (excluding diaryl/α,β-unsaturated/α-hetero) is 1. The number of rotatable bonds is 6. The van der Waals surface area contributed by atoms with Gasteiger partial charge in [0, 0.05) is 28.6 Å². The summed E-state index contributed by atoms with van der Waals surface area (Å²) in [6, 6.07) is 6.96. The Balaban J connectivity index is 1.80. The Hall–Kier alpha value is -2.41. The normalized spacial score (nSPS) is 11.4. The van der Waals surface area contributed by atoms with Crippen LogP contribution < -0.4 is 0 Å². The summed E-state index contributed by atoms with van der Waals surface area (Å²) in [6.07, 6.45) is 0. The zero-order chi connectivity index (χ0) is 19.7. The number of H-pyrrole nitrogens is 1. The molecule has 0 saturated carbocycles. The van der Waals surface area contributed by atoms with Crippen molar-refractivity contribution in [2.45, 2.75) is 45.7 Å². The van der Waals surface area contributed by atoms with Crippen molar-refractivity contribution in [3.05, 3.63) is 58.4 Å². The van der Waals surface area contributed by atoms with Crippen LogP contribution in [0.25, 0.3) is 5.69 Å². The molecule has 27 heavy (non-hydrogen) atoms. The fourth-order valence-corrected chi connectivity index (χ4v) is 3.64. The second-order valence-electron chi connectivity index (χ2n) is 6.92. The number of nitrogens with zero attached hydrogens (tertiary/aromatic N) is 3. The number of nitrogens with one attached hydrogen (secondary N) is 1. The molecule has 0 amide bonds. The Bertz CT molecular complexity index is 990. The van der Waals surface area contributed by atoms with E-state index in [-0.39, 0.29) is 23.3 Å². The topological polar surface area (TPSA) is 63.6 Å². The largest absolute Gasteiger partial charge is 0.318 e. The van der Waals surface area contributed by atoms with Crippen molar-refractivity contribution in [3.63, 3.8) is 0 Å². The lowest BCUT2D eigenvalue weighted by molar-refractivity contribution is 0.102. The van der Waals surface area contributed by atoms with E-state index in [2.05, 4.69) is 15.2 Å². The van der Waals surface area contributed by atoms with Crippen LogP contribution in [0.4, 0.5) is 4.39 Å². The molecule has 3 rings (SSSR count). The van der Waals surface area contributed by atoms with E-state index in [0.717, 1.165) is 22.9 Å². The minimum Gasteiger partial charge on any atom is -0.318 e. The lowest BCUT2D eigenvalue weighted by Gasteiger charge is -2.11. The Morgan fingerprint density at radius 1 is 1.26 bits per heavy atom. The van der Waals surface area contributed by atoms with E-state index in [1.165, 1.54) is 17.8 Å². The summed E-state index contributed by atoms with van der Waals surface area (Å²) in [4.78, 5) is 17.1. The molecule has 0 unspecified atom stereocenters. The van der Waals surface area contributed by atoms with Crippen molar-refractivity contribution in [1.29, 1.82) is 0 Å². The van der Waals surface area contributed by atoms with Gasteiger partial charge < -0.3 is 4.57 Å². The molecule has 0 fully saturated rings. The SMILES string of the molecule is Cc1ccc(-n2c(C)cc(C(=O)CSc3n[nH]c(C(C)C)n3)c2C)cc1F. The van der Waals surface area contributed by atoms with E-state index in [9.17, 15) is 9.18 Å². The van der Waals surface area contributed by atoms with Crippen molar-refractivity contribution in [3.8, 4) is 5.69 Å². The summed E-state index contributed by atoms with van der Waals surface area (Å²) >= 11 is 1.31. The summed E-state index contributed by atoms with van der Waals surface area (Å²) in [5, 5.41) is 7.60. The summed E-state index contributed by atoms with van der Waals surface area (Å²) in [7, 11) is 0. The van der Waals surface area contributed by atoms with Crippen molar-refractivity contribution in [2.24, 2.45) is 0 Å². The van der Waals surface area contributed by atoms with Gasteiger partial charge in [0.2, 0.25) is 5.16 Å². The average molecular weight is 386 g/mol. The molecule has 2 heterocycles. The molecule has 7 heteroatoms. The molecule has 0 bridgehead atoms. The number of benzene rings is 1. The number of hydrogen-bond donors (Lipinski definition) is 1. The van der Waals surface area contributed by atoms with Gasteiger partial charge in [0.15, 0.2) is 5.78 Å². The monoisotopic (exact) mass is 386 g/mol. The maximum atomic E-state index is 14.0. The van der Waals surface area contributed by atoms with Crippen LogP contribution in [0, 0.1) is 26.6 Å². The second-order valence-corrected chi connectivity index (χ2v) is 7.87. The van der Waals surface area contributed by atoms with Crippen LogP contribution in [0.15, 0.2) is 29.4 Å². The summed E-state index contributed by atoms with van der Waals surface area (Å²) < 4.78 is 15.9. The molecule has 0 aliphatic rings. The van der Waals surface area contributed by atoms with Crippen LogP contribution in [0.2, 0.25) is 0 Å². The number of aromatic amines is 1. The highest BCUT2D eigenvalue weighted by atomic mass is 32.2. The Morgan fingerprint density at radius 2 is 2.00 bits per heavy atom. The third-order valence-corrected chi connectivity index (χ3v) is 5.35. The van der Waals surface area contributed by atoms with Gasteiger partial charge in [-0.15, -0.1) is 5.10 Å². The number of halogens is 1. The van der Waals surface area contributed by atoms with Crippen LogP contribution in [0.1, 0.15) is 52.9 Å².